The van der Waals surface area contributed by atoms with Crippen molar-refractivity contribution >= 4 is 17.3 Å². The molecule has 1 rings (SSSR count). The summed E-state index contributed by atoms with van der Waals surface area (Å²) in [6.07, 6.45) is 0.998. The number of ether oxygens (including phenoxy) is 1. The number of carbonyl (C=O) groups is 1. The van der Waals surface area contributed by atoms with Crippen LogP contribution >= 0.6 is 0 Å². The van der Waals surface area contributed by atoms with Gasteiger partial charge in [-0.2, -0.15) is 0 Å². The Bertz CT molecular complexity index is 544. The molecule has 1 amide bonds. The van der Waals surface area contributed by atoms with Crippen LogP contribution in [0.25, 0.3) is 0 Å². The molecule has 0 unspecified atom stereocenters. The van der Waals surface area contributed by atoms with Gasteiger partial charge in [-0.15, -0.1) is 0 Å². The summed E-state index contributed by atoms with van der Waals surface area (Å²) in [7, 11) is 1.36. The molecule has 0 aliphatic carbocycles. The Morgan fingerprint density at radius 2 is 2.09 bits per heavy atom. The van der Waals surface area contributed by atoms with Crippen molar-refractivity contribution in [1.82, 2.24) is 5.32 Å². The van der Waals surface area contributed by atoms with Gasteiger partial charge in [0.15, 0.2) is 5.75 Å². The number of anilines is 1. The molecular weight excluding hydrogens is 286 g/mol. The number of rotatable bonds is 8. The van der Waals surface area contributed by atoms with Crippen molar-refractivity contribution < 1.29 is 14.5 Å². The van der Waals surface area contributed by atoms with Crippen LogP contribution in [0, 0.1) is 23.0 Å². The molecule has 22 heavy (non-hydrogen) atoms. The molecule has 122 valence electrons. The summed E-state index contributed by atoms with van der Waals surface area (Å²) in [6, 6.07) is 2.86. The highest BCUT2D eigenvalue weighted by Gasteiger charge is 2.18. The maximum absolute atomic E-state index is 11.9. The minimum atomic E-state index is -0.509. The number of benzene rings is 1. The van der Waals surface area contributed by atoms with Crippen molar-refractivity contribution in [3.05, 3.63) is 27.8 Å². The van der Waals surface area contributed by atoms with Crippen molar-refractivity contribution in [3.63, 3.8) is 0 Å². The van der Waals surface area contributed by atoms with E-state index >= 15 is 0 Å². The van der Waals surface area contributed by atoms with Gasteiger partial charge in [0.1, 0.15) is 0 Å². The van der Waals surface area contributed by atoms with E-state index in [9.17, 15) is 14.9 Å². The molecule has 0 bridgehead atoms. The van der Waals surface area contributed by atoms with Gasteiger partial charge in [0, 0.05) is 17.8 Å². The highest BCUT2D eigenvalue weighted by molar-refractivity contribution is 5.93. The molecule has 1 aromatic carbocycles. The molecule has 0 aliphatic heterocycles. The van der Waals surface area contributed by atoms with Crippen molar-refractivity contribution in [2.45, 2.75) is 27.2 Å². The zero-order chi connectivity index (χ0) is 16.7. The summed E-state index contributed by atoms with van der Waals surface area (Å²) >= 11 is 0. The maximum Gasteiger partial charge on any atom is 0.311 e. The monoisotopic (exact) mass is 309 g/mol. The second-order valence-corrected chi connectivity index (χ2v) is 5.50. The second-order valence-electron chi connectivity index (χ2n) is 5.50. The minimum Gasteiger partial charge on any atom is -0.490 e. The Labute approximate surface area is 130 Å². The van der Waals surface area contributed by atoms with Crippen LogP contribution in [0.4, 0.5) is 11.4 Å². The van der Waals surface area contributed by atoms with E-state index in [2.05, 4.69) is 24.5 Å². The van der Waals surface area contributed by atoms with Crippen LogP contribution in [0.15, 0.2) is 12.1 Å². The Hall–Kier alpha value is -2.15. The zero-order valence-corrected chi connectivity index (χ0v) is 13.4. The molecule has 0 fully saturated rings. The Balaban J connectivity index is 2.69. The molecule has 0 radical (unpaired) electrons. The number of methoxy groups -OCH3 is 1. The number of aryl methyl sites for hydroxylation is 1. The number of nitrogens with one attached hydrogen (secondary N) is 2. The number of hydrogen-bond acceptors (Lipinski definition) is 5. The highest BCUT2D eigenvalue weighted by atomic mass is 16.6. The van der Waals surface area contributed by atoms with Crippen LogP contribution in [0.5, 0.6) is 5.75 Å². The van der Waals surface area contributed by atoms with Crippen LogP contribution in [-0.4, -0.2) is 31.0 Å². The van der Waals surface area contributed by atoms with Crippen LogP contribution in [0.2, 0.25) is 0 Å². The van der Waals surface area contributed by atoms with E-state index in [1.807, 2.05) is 0 Å². The molecule has 0 spiro atoms. The highest BCUT2D eigenvalue weighted by Crippen LogP contribution is 2.32. The van der Waals surface area contributed by atoms with Crippen LogP contribution < -0.4 is 15.4 Å². The number of amides is 1. The fourth-order valence-corrected chi connectivity index (χ4v) is 1.90. The van der Waals surface area contributed by atoms with Gasteiger partial charge in [-0.25, -0.2) is 0 Å². The van der Waals surface area contributed by atoms with Crippen molar-refractivity contribution in [2.75, 3.05) is 25.5 Å². The number of nitro groups is 1. The third kappa shape index (κ3) is 5.33. The molecule has 0 atom stereocenters. The Morgan fingerprint density at radius 1 is 1.41 bits per heavy atom. The quantitative estimate of drug-likeness (QED) is 0.437. The van der Waals surface area contributed by atoms with Gasteiger partial charge >= 0.3 is 5.69 Å². The summed E-state index contributed by atoms with van der Waals surface area (Å²) in [6.45, 7) is 6.91. The fraction of sp³-hybridized carbons (Fsp3) is 0.533. The van der Waals surface area contributed by atoms with E-state index in [4.69, 9.17) is 4.74 Å². The van der Waals surface area contributed by atoms with Crippen molar-refractivity contribution in [2.24, 2.45) is 5.92 Å². The standard InChI is InChI=1S/C15H23N3O4/c1-10(2)5-6-16-9-15(19)17-12-8-14(22-4)13(18(20)21)7-11(12)3/h7-8,10,16H,5-6,9H2,1-4H3,(H,17,19). The molecule has 0 saturated heterocycles. The first kappa shape index (κ1) is 17.9. The normalized spacial score (nSPS) is 10.6. The van der Waals surface area contributed by atoms with E-state index in [-0.39, 0.29) is 23.9 Å². The lowest BCUT2D eigenvalue weighted by atomic mass is 10.1. The number of nitrogens with zero attached hydrogens (tertiary/aromatic N) is 1. The van der Waals surface area contributed by atoms with Gasteiger partial charge in [0.05, 0.1) is 18.6 Å². The van der Waals surface area contributed by atoms with Crippen molar-refractivity contribution in [1.29, 1.82) is 0 Å². The van der Waals surface area contributed by atoms with Gasteiger partial charge in [-0.1, -0.05) is 13.8 Å². The first-order valence-electron chi connectivity index (χ1n) is 7.18. The van der Waals surface area contributed by atoms with E-state index in [1.54, 1.807) is 6.92 Å². The third-order valence-corrected chi connectivity index (χ3v) is 3.18. The minimum absolute atomic E-state index is 0.118. The summed E-state index contributed by atoms with van der Waals surface area (Å²) in [5.74, 6) is 0.512. The van der Waals surface area contributed by atoms with Gasteiger partial charge in [-0.05, 0) is 31.4 Å². The number of carbonyl (C=O) groups excluding carboxylic acids is 1. The summed E-state index contributed by atoms with van der Waals surface area (Å²) < 4.78 is 5.00. The smallest absolute Gasteiger partial charge is 0.311 e. The second kappa shape index (κ2) is 8.33. The summed E-state index contributed by atoms with van der Waals surface area (Å²) in [5.41, 5.74) is 1.01. The molecule has 7 nitrogen and oxygen atoms in total. The fourth-order valence-electron chi connectivity index (χ4n) is 1.90. The molecular formula is C15H23N3O4. The molecule has 0 aromatic heterocycles. The predicted octanol–water partition coefficient (Wildman–Crippen LogP) is 2.49. The summed E-state index contributed by atoms with van der Waals surface area (Å²) in [4.78, 5) is 22.3. The van der Waals surface area contributed by atoms with Gasteiger partial charge in [0.2, 0.25) is 5.91 Å². The molecule has 7 heteroatoms. The topological polar surface area (TPSA) is 93.5 Å². The van der Waals surface area contributed by atoms with E-state index < -0.39 is 4.92 Å². The SMILES string of the molecule is COc1cc(NC(=O)CNCCC(C)C)c(C)cc1[N+](=O)[O-]. The first-order valence-corrected chi connectivity index (χ1v) is 7.18. The maximum atomic E-state index is 11.9. The lowest BCUT2D eigenvalue weighted by molar-refractivity contribution is -0.385. The molecule has 0 aliphatic rings. The van der Waals surface area contributed by atoms with E-state index in [0.717, 1.165) is 13.0 Å². The van der Waals surface area contributed by atoms with Gasteiger partial charge in [0.25, 0.3) is 0 Å². The third-order valence-electron chi connectivity index (χ3n) is 3.18. The van der Waals surface area contributed by atoms with E-state index in [0.29, 0.717) is 17.2 Å². The van der Waals surface area contributed by atoms with Crippen LogP contribution in [0.1, 0.15) is 25.8 Å². The number of nitro benzene ring substituents is 1. The predicted molar refractivity (Wildman–Crippen MR) is 85.3 cm³/mol. The lowest BCUT2D eigenvalue weighted by Crippen LogP contribution is -2.29. The molecule has 2 N–H and O–H groups in total. The van der Waals surface area contributed by atoms with E-state index in [1.165, 1.54) is 19.2 Å². The molecule has 1 aromatic rings. The molecule has 0 saturated carbocycles. The average Bonchev–Trinajstić information content (AvgIpc) is 2.45. The van der Waals surface area contributed by atoms with Crippen molar-refractivity contribution in [3.8, 4) is 5.75 Å². The summed E-state index contributed by atoms with van der Waals surface area (Å²) in [5, 5.41) is 16.7. The number of hydrogen-bond donors (Lipinski definition) is 2. The van der Waals surface area contributed by atoms with Crippen LogP contribution in [0.3, 0.4) is 0 Å². The largest absolute Gasteiger partial charge is 0.490 e. The average molecular weight is 309 g/mol. The van der Waals surface area contributed by atoms with Gasteiger partial charge < -0.3 is 15.4 Å². The first-order chi connectivity index (χ1) is 10.3. The van der Waals surface area contributed by atoms with Crippen LogP contribution in [-0.2, 0) is 4.79 Å². The Kier molecular flexibility index (Phi) is 6.78. The Morgan fingerprint density at radius 3 is 2.64 bits per heavy atom. The van der Waals surface area contributed by atoms with Gasteiger partial charge in [-0.3, -0.25) is 14.9 Å². The molecule has 0 heterocycles. The zero-order valence-electron chi connectivity index (χ0n) is 13.4. The lowest BCUT2D eigenvalue weighted by Gasteiger charge is -2.11.